The van der Waals surface area contributed by atoms with Crippen LogP contribution in [0.1, 0.15) is 13.8 Å². The number of rotatable bonds is 9. The van der Waals surface area contributed by atoms with E-state index in [0.717, 1.165) is 4.90 Å². The Balaban J connectivity index is 4.12. The second-order valence-corrected chi connectivity index (χ2v) is 5.29. The van der Waals surface area contributed by atoms with Gasteiger partial charge in [0.2, 0.25) is 5.91 Å². The third-order valence-corrected chi connectivity index (χ3v) is 2.57. The summed E-state index contributed by atoms with van der Waals surface area (Å²) < 4.78 is 14.6. The molecule has 0 rings (SSSR count). The lowest BCUT2D eigenvalue weighted by atomic mass is 10.2. The van der Waals surface area contributed by atoms with E-state index in [-0.39, 0.29) is 38.1 Å². The maximum Gasteiger partial charge on any atom is 0.410 e. The molecule has 0 atom stereocenters. The number of hydrogen-bond donors (Lipinski definition) is 0. The molecule has 0 bridgehead atoms. The topological polar surface area (TPSA) is 85.4 Å². The third-order valence-electron chi connectivity index (χ3n) is 2.57. The maximum atomic E-state index is 11.9. The van der Waals surface area contributed by atoms with Crippen LogP contribution in [0.2, 0.25) is 0 Å². The molecule has 22 heavy (non-hydrogen) atoms. The summed E-state index contributed by atoms with van der Waals surface area (Å²) in [6.07, 6.45) is -0.624. The van der Waals surface area contributed by atoms with Crippen LogP contribution in [0.25, 0.3) is 0 Å². The van der Waals surface area contributed by atoms with Crippen LogP contribution >= 0.6 is 0 Å². The van der Waals surface area contributed by atoms with Gasteiger partial charge in [-0.3, -0.25) is 9.59 Å². The molecule has 0 aromatic rings. The van der Waals surface area contributed by atoms with Crippen molar-refractivity contribution in [1.82, 2.24) is 9.80 Å². The van der Waals surface area contributed by atoms with E-state index < -0.39 is 12.1 Å². The number of hydrogen-bond acceptors (Lipinski definition) is 6. The Morgan fingerprint density at radius 1 is 0.955 bits per heavy atom. The Kier molecular flexibility index (Phi) is 9.93. The van der Waals surface area contributed by atoms with Gasteiger partial charge in [0.15, 0.2) is 0 Å². The molecule has 0 heterocycles. The first kappa shape index (κ1) is 20.2. The number of carbonyl (C=O) groups is 3. The van der Waals surface area contributed by atoms with E-state index in [1.807, 2.05) is 13.8 Å². The Morgan fingerprint density at radius 2 is 1.59 bits per heavy atom. The molecular formula is C14H26N2O6. The lowest BCUT2D eigenvalue weighted by molar-refractivity contribution is -0.149. The molecule has 8 heteroatoms. The van der Waals surface area contributed by atoms with Gasteiger partial charge in [0, 0.05) is 21.2 Å². The summed E-state index contributed by atoms with van der Waals surface area (Å²) in [5.41, 5.74) is 0. The van der Waals surface area contributed by atoms with Gasteiger partial charge >= 0.3 is 12.1 Å². The summed E-state index contributed by atoms with van der Waals surface area (Å²) in [4.78, 5) is 37.3. The van der Waals surface area contributed by atoms with Crippen LogP contribution in [-0.2, 0) is 23.8 Å². The molecule has 0 radical (unpaired) electrons. The van der Waals surface area contributed by atoms with E-state index >= 15 is 0 Å². The quantitative estimate of drug-likeness (QED) is 0.451. The Bertz CT molecular complexity index is 372. The Morgan fingerprint density at radius 3 is 2.14 bits per heavy atom. The van der Waals surface area contributed by atoms with Gasteiger partial charge in [-0.05, 0) is 5.92 Å². The predicted molar refractivity (Wildman–Crippen MR) is 79.3 cm³/mol. The first-order chi connectivity index (χ1) is 10.3. The summed E-state index contributed by atoms with van der Waals surface area (Å²) in [7, 11) is 4.41. The lowest BCUT2D eigenvalue weighted by Crippen LogP contribution is -2.42. The van der Waals surface area contributed by atoms with Crippen molar-refractivity contribution in [2.24, 2.45) is 5.92 Å². The van der Waals surface area contributed by atoms with Crippen LogP contribution in [0.4, 0.5) is 4.79 Å². The number of methoxy groups -OCH3 is 1. The van der Waals surface area contributed by atoms with Gasteiger partial charge in [0.1, 0.15) is 19.7 Å². The van der Waals surface area contributed by atoms with Crippen molar-refractivity contribution in [1.29, 1.82) is 0 Å². The molecule has 0 spiro atoms. The normalized spacial score (nSPS) is 10.3. The highest BCUT2D eigenvalue weighted by Gasteiger charge is 2.19. The van der Waals surface area contributed by atoms with Crippen molar-refractivity contribution in [3.8, 4) is 0 Å². The minimum atomic E-state index is -0.624. The molecule has 128 valence electrons. The molecule has 0 fully saturated rings. The molecule has 0 saturated heterocycles. The molecule has 0 aromatic carbocycles. The number of ether oxygens (including phenoxy) is 3. The maximum absolute atomic E-state index is 11.9. The van der Waals surface area contributed by atoms with Crippen molar-refractivity contribution in [3.63, 3.8) is 0 Å². The predicted octanol–water partition coefficient (Wildman–Crippen LogP) is 0.359. The highest BCUT2D eigenvalue weighted by Crippen LogP contribution is 1.97. The first-order valence-electron chi connectivity index (χ1n) is 7.04. The molecule has 0 aliphatic carbocycles. The highest BCUT2D eigenvalue weighted by atomic mass is 16.6. The molecule has 0 N–H and O–H groups in total. The fraction of sp³-hybridized carbons (Fsp3) is 0.786. The monoisotopic (exact) mass is 318 g/mol. The molecular weight excluding hydrogens is 292 g/mol. The molecule has 2 amide bonds. The van der Waals surface area contributed by atoms with Crippen LogP contribution < -0.4 is 0 Å². The summed E-state index contributed by atoms with van der Waals surface area (Å²) >= 11 is 0. The third kappa shape index (κ3) is 9.17. The van der Waals surface area contributed by atoms with Gasteiger partial charge in [-0.15, -0.1) is 0 Å². The SMILES string of the molecule is COCCOC(=O)N(C)CC(=O)N(C)CC(=O)OCC(C)C. The van der Waals surface area contributed by atoms with E-state index in [9.17, 15) is 14.4 Å². The first-order valence-corrected chi connectivity index (χ1v) is 7.04. The molecule has 0 aromatic heterocycles. The molecule has 0 saturated carbocycles. The van der Waals surface area contributed by atoms with Gasteiger partial charge in [0.05, 0.1) is 13.2 Å². The second kappa shape index (κ2) is 10.8. The zero-order valence-corrected chi connectivity index (χ0v) is 14.0. The minimum absolute atomic E-state index is 0.116. The molecule has 0 unspecified atom stereocenters. The Hall–Kier alpha value is -1.83. The zero-order valence-electron chi connectivity index (χ0n) is 14.0. The smallest absolute Gasteiger partial charge is 0.410 e. The zero-order chi connectivity index (χ0) is 17.1. The van der Waals surface area contributed by atoms with Crippen LogP contribution in [0.3, 0.4) is 0 Å². The second-order valence-electron chi connectivity index (χ2n) is 5.29. The number of esters is 1. The standard InChI is InChI=1S/C14H26N2O6/c1-11(2)10-22-13(18)9-15(3)12(17)8-16(4)14(19)21-7-6-20-5/h11H,6-10H2,1-5H3. The van der Waals surface area contributed by atoms with Gasteiger partial charge in [-0.25, -0.2) is 4.79 Å². The summed E-state index contributed by atoms with van der Waals surface area (Å²) in [5, 5.41) is 0. The number of nitrogens with zero attached hydrogens (tertiary/aromatic N) is 2. The van der Waals surface area contributed by atoms with E-state index in [4.69, 9.17) is 14.2 Å². The van der Waals surface area contributed by atoms with Crippen LogP contribution in [-0.4, -0.2) is 81.9 Å². The fourth-order valence-corrected chi connectivity index (χ4v) is 1.30. The average molecular weight is 318 g/mol. The largest absolute Gasteiger partial charge is 0.464 e. The molecule has 8 nitrogen and oxygen atoms in total. The minimum Gasteiger partial charge on any atom is -0.464 e. The number of carbonyl (C=O) groups excluding carboxylic acids is 3. The van der Waals surface area contributed by atoms with Gasteiger partial charge in [0.25, 0.3) is 0 Å². The van der Waals surface area contributed by atoms with Gasteiger partial charge in [-0.1, -0.05) is 13.8 Å². The highest BCUT2D eigenvalue weighted by molar-refractivity contribution is 5.85. The van der Waals surface area contributed by atoms with Crippen molar-refractivity contribution in [3.05, 3.63) is 0 Å². The average Bonchev–Trinajstić information content (AvgIpc) is 2.44. The van der Waals surface area contributed by atoms with Crippen molar-refractivity contribution >= 4 is 18.0 Å². The van der Waals surface area contributed by atoms with Crippen molar-refractivity contribution < 1.29 is 28.6 Å². The fourth-order valence-electron chi connectivity index (χ4n) is 1.30. The van der Waals surface area contributed by atoms with Gasteiger partial charge in [-0.2, -0.15) is 0 Å². The summed E-state index contributed by atoms with van der Waals surface area (Å²) in [6, 6.07) is 0. The van der Waals surface area contributed by atoms with E-state index in [1.54, 1.807) is 0 Å². The van der Waals surface area contributed by atoms with E-state index in [1.165, 1.54) is 26.1 Å². The van der Waals surface area contributed by atoms with Crippen LogP contribution in [0.15, 0.2) is 0 Å². The summed E-state index contributed by atoms with van der Waals surface area (Å²) in [6.45, 7) is 4.23. The van der Waals surface area contributed by atoms with Crippen LogP contribution in [0.5, 0.6) is 0 Å². The van der Waals surface area contributed by atoms with Crippen molar-refractivity contribution in [2.45, 2.75) is 13.8 Å². The van der Waals surface area contributed by atoms with E-state index in [2.05, 4.69) is 0 Å². The molecule has 0 aliphatic heterocycles. The summed E-state index contributed by atoms with van der Waals surface area (Å²) in [5.74, 6) is -0.625. The van der Waals surface area contributed by atoms with E-state index in [0.29, 0.717) is 6.61 Å². The Labute approximate surface area is 131 Å². The van der Waals surface area contributed by atoms with Crippen molar-refractivity contribution in [2.75, 3.05) is 54.1 Å². The lowest BCUT2D eigenvalue weighted by Gasteiger charge is -2.21. The number of amides is 2. The van der Waals surface area contributed by atoms with Crippen LogP contribution in [0, 0.1) is 5.92 Å². The number of likely N-dealkylation sites (N-methyl/N-ethyl adjacent to an activating group) is 2. The molecule has 0 aliphatic rings. The van der Waals surface area contributed by atoms with Gasteiger partial charge < -0.3 is 24.0 Å².